The van der Waals surface area contributed by atoms with Gasteiger partial charge in [0, 0.05) is 12.6 Å². The van der Waals surface area contributed by atoms with Crippen LogP contribution in [0.3, 0.4) is 0 Å². The van der Waals surface area contributed by atoms with Crippen molar-refractivity contribution in [1.82, 2.24) is 4.90 Å². The van der Waals surface area contributed by atoms with Gasteiger partial charge >= 0.3 is 5.97 Å². The van der Waals surface area contributed by atoms with Crippen molar-refractivity contribution in [3.63, 3.8) is 0 Å². The number of carboxylic acid groups (broad SMARTS) is 1. The van der Waals surface area contributed by atoms with E-state index in [4.69, 9.17) is 16.7 Å². The molecule has 1 heterocycles. The molecule has 0 aromatic heterocycles. The molecule has 0 aromatic rings. The van der Waals surface area contributed by atoms with Crippen LogP contribution in [0.25, 0.3) is 0 Å². The van der Waals surface area contributed by atoms with E-state index in [0.717, 1.165) is 12.5 Å². The maximum atomic E-state index is 10.7. The highest BCUT2D eigenvalue weighted by Gasteiger charge is 2.36. The number of alkyl halides is 1. The van der Waals surface area contributed by atoms with E-state index >= 15 is 0 Å². The lowest BCUT2D eigenvalue weighted by Crippen LogP contribution is -2.46. The van der Waals surface area contributed by atoms with E-state index in [1.807, 2.05) is 0 Å². The van der Waals surface area contributed by atoms with Crippen LogP contribution in [0.2, 0.25) is 0 Å². The molecule has 1 saturated carbocycles. The third-order valence-electron chi connectivity index (χ3n) is 3.77. The van der Waals surface area contributed by atoms with Crippen LogP contribution in [0.4, 0.5) is 0 Å². The summed E-state index contributed by atoms with van der Waals surface area (Å²) < 4.78 is 0. The average molecular weight is 232 g/mol. The molecule has 0 bridgehead atoms. The summed E-state index contributed by atoms with van der Waals surface area (Å²) in [4.78, 5) is 13.0. The molecule has 4 heteroatoms. The Hall–Kier alpha value is -0.280. The largest absolute Gasteiger partial charge is 0.480 e. The summed E-state index contributed by atoms with van der Waals surface area (Å²) in [6.07, 6.45) is 6.37. The lowest BCUT2D eigenvalue weighted by atomic mass is 9.92. The van der Waals surface area contributed by atoms with Gasteiger partial charge < -0.3 is 5.11 Å². The molecule has 0 radical (unpaired) electrons. The van der Waals surface area contributed by atoms with Crippen LogP contribution in [0.5, 0.6) is 0 Å². The Morgan fingerprint density at radius 1 is 1.40 bits per heavy atom. The van der Waals surface area contributed by atoms with E-state index in [0.29, 0.717) is 12.6 Å². The molecule has 3 atom stereocenters. The van der Waals surface area contributed by atoms with Gasteiger partial charge in [0.15, 0.2) is 0 Å². The minimum absolute atomic E-state index is 0.512. The van der Waals surface area contributed by atoms with Gasteiger partial charge in [0.25, 0.3) is 0 Å². The third-order valence-corrected chi connectivity index (χ3v) is 4.10. The fourth-order valence-electron chi connectivity index (χ4n) is 3.07. The second-order valence-corrected chi connectivity index (χ2v) is 5.23. The highest BCUT2D eigenvalue weighted by Crippen LogP contribution is 2.36. The number of halogens is 1. The Bertz CT molecular complexity index is 247. The molecule has 0 spiro atoms. The predicted molar refractivity (Wildman–Crippen MR) is 59.2 cm³/mol. The highest BCUT2D eigenvalue weighted by molar-refractivity contribution is 6.29. The van der Waals surface area contributed by atoms with Gasteiger partial charge in [-0.1, -0.05) is 6.42 Å². The van der Waals surface area contributed by atoms with E-state index < -0.39 is 11.3 Å². The van der Waals surface area contributed by atoms with Crippen molar-refractivity contribution in [2.24, 2.45) is 5.92 Å². The van der Waals surface area contributed by atoms with Crippen LogP contribution < -0.4 is 0 Å². The van der Waals surface area contributed by atoms with E-state index in [9.17, 15) is 4.79 Å². The standard InChI is InChI=1S/C11H18ClNO2/c12-9(11(14)15)7-13-6-2-4-8-3-1-5-10(8)13/h8-10H,1-7H2,(H,14,15). The van der Waals surface area contributed by atoms with E-state index in [-0.39, 0.29) is 0 Å². The minimum Gasteiger partial charge on any atom is -0.480 e. The zero-order valence-electron chi connectivity index (χ0n) is 8.86. The van der Waals surface area contributed by atoms with E-state index in [1.165, 1.54) is 32.1 Å². The molecule has 3 unspecified atom stereocenters. The first-order valence-corrected chi connectivity index (χ1v) is 6.23. The van der Waals surface area contributed by atoms with E-state index in [1.54, 1.807) is 0 Å². The number of fused-ring (bicyclic) bond motifs is 1. The summed E-state index contributed by atoms with van der Waals surface area (Å²) in [5.74, 6) is -0.0896. The molecule has 15 heavy (non-hydrogen) atoms. The Labute approximate surface area is 95.4 Å². The molecule has 1 aliphatic carbocycles. The third kappa shape index (κ3) is 2.45. The van der Waals surface area contributed by atoms with Crippen LogP contribution in [0, 0.1) is 5.92 Å². The fourth-order valence-corrected chi connectivity index (χ4v) is 3.25. The molecular formula is C11H18ClNO2. The number of likely N-dealkylation sites (tertiary alicyclic amines) is 1. The van der Waals surface area contributed by atoms with Crippen molar-refractivity contribution < 1.29 is 9.90 Å². The molecule has 3 nitrogen and oxygen atoms in total. The van der Waals surface area contributed by atoms with Crippen LogP contribution in [-0.2, 0) is 4.79 Å². The Balaban J connectivity index is 1.93. The number of aliphatic carboxylic acids is 1. The van der Waals surface area contributed by atoms with Gasteiger partial charge in [-0.15, -0.1) is 11.6 Å². The summed E-state index contributed by atoms with van der Waals surface area (Å²) in [6.45, 7) is 1.54. The molecule has 0 aromatic carbocycles. The average Bonchev–Trinajstić information content (AvgIpc) is 2.66. The van der Waals surface area contributed by atoms with Crippen molar-refractivity contribution in [2.75, 3.05) is 13.1 Å². The molecule has 2 rings (SSSR count). The molecule has 86 valence electrons. The summed E-state index contributed by atoms with van der Waals surface area (Å²) in [5.41, 5.74) is 0. The maximum Gasteiger partial charge on any atom is 0.322 e. The van der Waals surface area contributed by atoms with Crippen molar-refractivity contribution in [2.45, 2.75) is 43.5 Å². The monoisotopic (exact) mass is 231 g/mol. The second-order valence-electron chi connectivity index (χ2n) is 4.70. The van der Waals surface area contributed by atoms with Crippen LogP contribution in [0.15, 0.2) is 0 Å². The zero-order chi connectivity index (χ0) is 10.8. The SMILES string of the molecule is O=C(O)C(Cl)CN1CCCC2CCCC21. The van der Waals surface area contributed by atoms with Gasteiger partial charge in [0.2, 0.25) is 0 Å². The number of carbonyl (C=O) groups is 1. The number of rotatable bonds is 3. The van der Waals surface area contributed by atoms with Gasteiger partial charge in [0.05, 0.1) is 0 Å². The number of piperidine rings is 1. The van der Waals surface area contributed by atoms with Crippen LogP contribution in [0.1, 0.15) is 32.1 Å². The molecule has 1 saturated heterocycles. The lowest BCUT2D eigenvalue weighted by Gasteiger charge is -2.38. The zero-order valence-corrected chi connectivity index (χ0v) is 9.62. The quantitative estimate of drug-likeness (QED) is 0.755. The maximum absolute atomic E-state index is 10.7. The van der Waals surface area contributed by atoms with Crippen molar-refractivity contribution in [1.29, 1.82) is 0 Å². The van der Waals surface area contributed by atoms with Gasteiger partial charge in [-0.25, -0.2) is 0 Å². The number of hydrogen-bond donors (Lipinski definition) is 1. The van der Waals surface area contributed by atoms with Gasteiger partial charge in [-0.05, 0) is 38.1 Å². The summed E-state index contributed by atoms with van der Waals surface area (Å²) >= 11 is 5.80. The van der Waals surface area contributed by atoms with Crippen molar-refractivity contribution in [3.8, 4) is 0 Å². The Morgan fingerprint density at radius 2 is 2.13 bits per heavy atom. The minimum atomic E-state index is -0.892. The first-order chi connectivity index (χ1) is 7.18. The number of nitrogens with zero attached hydrogens (tertiary/aromatic N) is 1. The molecule has 1 aliphatic heterocycles. The van der Waals surface area contributed by atoms with Gasteiger partial charge in [-0.3, -0.25) is 9.69 Å². The fraction of sp³-hybridized carbons (Fsp3) is 0.909. The van der Waals surface area contributed by atoms with Crippen molar-refractivity contribution >= 4 is 17.6 Å². The predicted octanol–water partition coefficient (Wildman–Crippen LogP) is 1.94. The van der Waals surface area contributed by atoms with Crippen LogP contribution in [-0.4, -0.2) is 40.5 Å². The molecule has 0 amide bonds. The summed E-state index contributed by atoms with van der Waals surface area (Å²) in [6, 6.07) is 0.611. The van der Waals surface area contributed by atoms with Gasteiger partial charge in [-0.2, -0.15) is 0 Å². The normalized spacial score (nSPS) is 33.7. The summed E-state index contributed by atoms with van der Waals surface area (Å²) in [5, 5.41) is 8.05. The Morgan fingerprint density at radius 3 is 2.87 bits per heavy atom. The second kappa shape index (κ2) is 4.71. The summed E-state index contributed by atoms with van der Waals surface area (Å²) in [7, 11) is 0. The highest BCUT2D eigenvalue weighted by atomic mass is 35.5. The molecule has 2 aliphatic rings. The van der Waals surface area contributed by atoms with Crippen molar-refractivity contribution in [3.05, 3.63) is 0 Å². The van der Waals surface area contributed by atoms with Gasteiger partial charge in [0.1, 0.15) is 5.38 Å². The molecular weight excluding hydrogens is 214 g/mol. The number of carboxylic acids is 1. The smallest absolute Gasteiger partial charge is 0.322 e. The number of hydrogen-bond acceptors (Lipinski definition) is 2. The topological polar surface area (TPSA) is 40.5 Å². The van der Waals surface area contributed by atoms with Crippen LogP contribution >= 0.6 is 11.6 Å². The Kier molecular flexibility index (Phi) is 3.52. The van der Waals surface area contributed by atoms with E-state index in [2.05, 4.69) is 4.90 Å². The lowest BCUT2D eigenvalue weighted by molar-refractivity contribution is -0.137. The first-order valence-electron chi connectivity index (χ1n) is 5.79. The first kappa shape index (κ1) is 11.2. The molecule has 1 N–H and O–H groups in total. The molecule has 2 fully saturated rings.